The summed E-state index contributed by atoms with van der Waals surface area (Å²) in [6.45, 7) is -2.67. The summed E-state index contributed by atoms with van der Waals surface area (Å²) in [6.07, 6.45) is 1.02. The van der Waals surface area contributed by atoms with Crippen LogP contribution in [0.4, 0.5) is 8.78 Å². The van der Waals surface area contributed by atoms with Gasteiger partial charge in [-0.3, -0.25) is 9.59 Å². The van der Waals surface area contributed by atoms with E-state index in [-0.39, 0.29) is 22.9 Å². The standard InChI is InChI=1S/C14H14ClF2NO4/c15-9-3-4-11(22-14(16)17)10(6-9)12(19)18-5-1-2-8(7-18)13(20)21/h3-4,6,8,14H,1-2,5,7H2,(H,20,21)/t8-/m0/s1. The van der Waals surface area contributed by atoms with Gasteiger partial charge in [-0.2, -0.15) is 8.78 Å². The molecule has 0 bridgehead atoms. The molecule has 22 heavy (non-hydrogen) atoms. The van der Waals surface area contributed by atoms with Crippen LogP contribution in [-0.2, 0) is 4.79 Å². The maximum absolute atomic E-state index is 12.5. The summed E-state index contributed by atoms with van der Waals surface area (Å²) in [5, 5.41) is 9.25. The highest BCUT2D eigenvalue weighted by Gasteiger charge is 2.30. The van der Waals surface area contributed by atoms with E-state index in [0.29, 0.717) is 19.4 Å². The number of aliphatic carboxylic acids is 1. The van der Waals surface area contributed by atoms with Gasteiger partial charge < -0.3 is 14.7 Å². The monoisotopic (exact) mass is 333 g/mol. The highest BCUT2D eigenvalue weighted by Crippen LogP contribution is 2.27. The van der Waals surface area contributed by atoms with Crippen molar-refractivity contribution in [3.05, 3.63) is 28.8 Å². The van der Waals surface area contributed by atoms with Gasteiger partial charge >= 0.3 is 12.6 Å². The molecule has 0 aliphatic carbocycles. The van der Waals surface area contributed by atoms with Crippen LogP contribution < -0.4 is 4.74 Å². The van der Waals surface area contributed by atoms with E-state index in [4.69, 9.17) is 16.7 Å². The van der Waals surface area contributed by atoms with Gasteiger partial charge in [0.15, 0.2) is 0 Å². The Morgan fingerprint density at radius 1 is 1.41 bits per heavy atom. The van der Waals surface area contributed by atoms with Crippen molar-refractivity contribution in [1.29, 1.82) is 0 Å². The Hall–Kier alpha value is -1.89. The molecule has 1 aliphatic rings. The second-order valence-corrected chi connectivity index (χ2v) is 5.38. The summed E-state index contributed by atoms with van der Waals surface area (Å²) in [7, 11) is 0. The molecular formula is C14H14ClF2NO4. The van der Waals surface area contributed by atoms with Gasteiger partial charge in [-0.05, 0) is 31.0 Å². The number of carbonyl (C=O) groups excluding carboxylic acids is 1. The van der Waals surface area contributed by atoms with Crippen LogP contribution in [0.3, 0.4) is 0 Å². The van der Waals surface area contributed by atoms with Crippen molar-refractivity contribution in [3.63, 3.8) is 0 Å². The van der Waals surface area contributed by atoms with Crippen LogP contribution in [0.25, 0.3) is 0 Å². The van der Waals surface area contributed by atoms with E-state index >= 15 is 0 Å². The summed E-state index contributed by atoms with van der Waals surface area (Å²) >= 11 is 5.81. The molecule has 8 heteroatoms. The minimum absolute atomic E-state index is 0.0365. The Kier molecular flexibility index (Phi) is 5.18. The van der Waals surface area contributed by atoms with Crippen molar-refractivity contribution in [3.8, 4) is 5.75 Å². The lowest BCUT2D eigenvalue weighted by molar-refractivity contribution is -0.143. The van der Waals surface area contributed by atoms with Crippen molar-refractivity contribution in [2.45, 2.75) is 19.5 Å². The highest BCUT2D eigenvalue weighted by molar-refractivity contribution is 6.31. The van der Waals surface area contributed by atoms with Gasteiger partial charge in [0.1, 0.15) is 5.75 Å². The Balaban J connectivity index is 2.24. The number of carbonyl (C=O) groups is 2. The van der Waals surface area contributed by atoms with Crippen molar-refractivity contribution in [2.24, 2.45) is 5.92 Å². The molecule has 0 saturated carbocycles. The summed E-state index contributed by atoms with van der Waals surface area (Å²) in [5.74, 6) is -2.48. The fourth-order valence-corrected chi connectivity index (χ4v) is 2.57. The van der Waals surface area contributed by atoms with Crippen LogP contribution in [0.15, 0.2) is 18.2 Å². The third-order valence-corrected chi connectivity index (χ3v) is 3.68. The number of piperidine rings is 1. The molecule has 0 spiro atoms. The number of carboxylic acid groups (broad SMARTS) is 1. The second-order valence-electron chi connectivity index (χ2n) is 4.95. The highest BCUT2D eigenvalue weighted by atomic mass is 35.5. The maximum Gasteiger partial charge on any atom is 0.387 e. The largest absolute Gasteiger partial charge is 0.481 e. The number of alkyl halides is 2. The van der Waals surface area contributed by atoms with Gasteiger partial charge in [0.25, 0.3) is 5.91 Å². The van der Waals surface area contributed by atoms with E-state index in [1.165, 1.54) is 23.1 Å². The molecule has 0 unspecified atom stereocenters. The van der Waals surface area contributed by atoms with Gasteiger partial charge in [0, 0.05) is 18.1 Å². The van der Waals surface area contributed by atoms with Gasteiger partial charge in [-0.15, -0.1) is 0 Å². The summed E-state index contributed by atoms with van der Waals surface area (Å²) in [4.78, 5) is 24.8. The first-order chi connectivity index (χ1) is 10.4. The van der Waals surface area contributed by atoms with E-state index in [9.17, 15) is 18.4 Å². The number of halogens is 3. The minimum Gasteiger partial charge on any atom is -0.481 e. The lowest BCUT2D eigenvalue weighted by atomic mass is 9.97. The van der Waals surface area contributed by atoms with Crippen LogP contribution in [-0.4, -0.2) is 41.6 Å². The normalized spacial score (nSPS) is 18.4. The Labute approximate surface area is 130 Å². The summed E-state index contributed by atoms with van der Waals surface area (Å²) in [6, 6.07) is 3.78. The molecule has 1 aliphatic heterocycles. The van der Waals surface area contributed by atoms with E-state index in [1.54, 1.807) is 0 Å². The maximum atomic E-state index is 12.5. The van der Waals surface area contributed by atoms with Crippen LogP contribution >= 0.6 is 11.6 Å². The van der Waals surface area contributed by atoms with Gasteiger partial charge in [-0.1, -0.05) is 11.6 Å². The Bertz CT molecular complexity index is 582. The first-order valence-electron chi connectivity index (χ1n) is 6.65. The SMILES string of the molecule is O=C(O)[C@H]1CCCN(C(=O)c2cc(Cl)ccc2OC(F)F)C1. The fraction of sp³-hybridized carbons (Fsp3) is 0.429. The molecule has 1 aromatic rings. The third-order valence-electron chi connectivity index (χ3n) is 3.45. The molecule has 1 amide bonds. The smallest absolute Gasteiger partial charge is 0.387 e. The minimum atomic E-state index is -3.07. The lowest BCUT2D eigenvalue weighted by Gasteiger charge is -2.31. The third kappa shape index (κ3) is 3.85. The number of ether oxygens (including phenoxy) is 1. The summed E-state index contributed by atoms with van der Waals surface area (Å²) < 4.78 is 29.2. The van der Waals surface area contributed by atoms with Gasteiger partial charge in [-0.25, -0.2) is 0 Å². The summed E-state index contributed by atoms with van der Waals surface area (Å²) in [5.41, 5.74) is -0.0983. The van der Waals surface area contributed by atoms with E-state index in [2.05, 4.69) is 4.74 Å². The molecule has 1 aromatic carbocycles. The van der Waals surface area contributed by atoms with E-state index < -0.39 is 24.4 Å². The molecule has 1 atom stereocenters. The van der Waals surface area contributed by atoms with Crippen LogP contribution in [0.2, 0.25) is 5.02 Å². The predicted octanol–water partition coefficient (Wildman–Crippen LogP) is 2.88. The zero-order valence-corrected chi connectivity index (χ0v) is 12.2. The molecule has 1 saturated heterocycles. The molecule has 1 fully saturated rings. The quantitative estimate of drug-likeness (QED) is 0.920. The first-order valence-corrected chi connectivity index (χ1v) is 7.02. The average Bonchev–Trinajstić information content (AvgIpc) is 2.48. The second kappa shape index (κ2) is 6.91. The van der Waals surface area contributed by atoms with Crippen molar-refractivity contribution in [2.75, 3.05) is 13.1 Å². The van der Waals surface area contributed by atoms with Crippen molar-refractivity contribution in [1.82, 2.24) is 4.90 Å². The zero-order chi connectivity index (χ0) is 16.3. The van der Waals surface area contributed by atoms with Crippen molar-refractivity contribution < 1.29 is 28.2 Å². The topological polar surface area (TPSA) is 66.8 Å². The number of amides is 1. The van der Waals surface area contributed by atoms with Crippen LogP contribution in [0.1, 0.15) is 23.2 Å². The number of likely N-dealkylation sites (tertiary alicyclic amines) is 1. The zero-order valence-electron chi connectivity index (χ0n) is 11.5. The van der Waals surface area contributed by atoms with Crippen LogP contribution in [0.5, 0.6) is 5.75 Å². The number of rotatable bonds is 4. The molecular weight excluding hydrogens is 320 g/mol. The Morgan fingerprint density at radius 2 is 2.14 bits per heavy atom. The molecule has 1 heterocycles. The van der Waals surface area contributed by atoms with Crippen LogP contribution in [0, 0.1) is 5.92 Å². The average molecular weight is 334 g/mol. The number of carboxylic acids is 1. The molecule has 0 aromatic heterocycles. The fourth-order valence-electron chi connectivity index (χ4n) is 2.40. The molecule has 1 N–H and O–H groups in total. The Morgan fingerprint density at radius 3 is 2.77 bits per heavy atom. The molecule has 0 radical (unpaired) electrons. The predicted molar refractivity (Wildman–Crippen MR) is 74.3 cm³/mol. The van der Waals surface area contributed by atoms with Gasteiger partial charge in [0.05, 0.1) is 11.5 Å². The van der Waals surface area contributed by atoms with E-state index in [0.717, 1.165) is 0 Å². The number of nitrogens with zero attached hydrogens (tertiary/aromatic N) is 1. The number of hydrogen-bond acceptors (Lipinski definition) is 3. The number of benzene rings is 1. The first kappa shape index (κ1) is 16.5. The molecule has 2 rings (SSSR count). The number of hydrogen-bond donors (Lipinski definition) is 1. The van der Waals surface area contributed by atoms with Crippen molar-refractivity contribution >= 4 is 23.5 Å². The lowest BCUT2D eigenvalue weighted by Crippen LogP contribution is -2.42. The molecule has 5 nitrogen and oxygen atoms in total. The van der Waals surface area contributed by atoms with Gasteiger partial charge in [0.2, 0.25) is 0 Å². The molecule has 120 valence electrons. The van der Waals surface area contributed by atoms with E-state index in [1.807, 2.05) is 0 Å².